The minimum Gasteiger partial charge on any atom is -0.383 e. The van der Waals surface area contributed by atoms with Gasteiger partial charge in [0.05, 0.1) is 25.1 Å². The van der Waals surface area contributed by atoms with Gasteiger partial charge in [0, 0.05) is 0 Å². The SMILES string of the molecule is Cc1c(N)nc(N)n(CCOCP(C)(C)=O)c1=O. The number of anilines is 2. The molecule has 0 spiro atoms. The third kappa shape index (κ3) is 3.85. The maximum absolute atomic E-state index is 11.9. The van der Waals surface area contributed by atoms with Crippen LogP contribution >= 0.6 is 7.14 Å². The summed E-state index contributed by atoms with van der Waals surface area (Å²) >= 11 is 0. The van der Waals surface area contributed by atoms with Gasteiger partial charge in [-0.15, -0.1) is 0 Å². The fraction of sp³-hybridized carbons (Fsp3) is 0.600. The van der Waals surface area contributed by atoms with Gasteiger partial charge in [0.1, 0.15) is 13.0 Å². The summed E-state index contributed by atoms with van der Waals surface area (Å²) in [4.78, 5) is 15.7. The lowest BCUT2D eigenvalue weighted by Crippen LogP contribution is -2.29. The summed E-state index contributed by atoms with van der Waals surface area (Å²) < 4.78 is 17.9. The number of aromatic nitrogens is 2. The molecule has 0 aliphatic carbocycles. The molecule has 0 fully saturated rings. The maximum atomic E-state index is 11.9. The molecule has 0 unspecified atom stereocenters. The summed E-state index contributed by atoms with van der Waals surface area (Å²) in [6, 6.07) is 0. The largest absolute Gasteiger partial charge is 0.383 e. The second-order valence-corrected chi connectivity index (χ2v) is 7.95. The van der Waals surface area contributed by atoms with E-state index in [-0.39, 0.29) is 36.8 Å². The minimum absolute atomic E-state index is 0.0582. The van der Waals surface area contributed by atoms with Gasteiger partial charge in [-0.25, -0.2) is 0 Å². The summed E-state index contributed by atoms with van der Waals surface area (Å²) in [7, 11) is -2.20. The van der Waals surface area contributed by atoms with Crippen LogP contribution in [0.5, 0.6) is 0 Å². The van der Waals surface area contributed by atoms with E-state index in [0.29, 0.717) is 5.56 Å². The molecule has 102 valence electrons. The first-order valence-corrected chi connectivity index (χ1v) is 8.25. The van der Waals surface area contributed by atoms with E-state index in [0.717, 1.165) is 0 Å². The van der Waals surface area contributed by atoms with Crippen LogP contribution in [-0.2, 0) is 15.8 Å². The molecule has 0 atom stereocenters. The van der Waals surface area contributed by atoms with Crippen molar-refractivity contribution in [3.63, 3.8) is 0 Å². The van der Waals surface area contributed by atoms with Crippen LogP contribution < -0.4 is 17.0 Å². The summed E-state index contributed by atoms with van der Waals surface area (Å²) in [5.41, 5.74) is 11.2. The Labute approximate surface area is 106 Å². The van der Waals surface area contributed by atoms with Crippen LogP contribution in [0.15, 0.2) is 4.79 Å². The van der Waals surface area contributed by atoms with E-state index in [1.807, 2.05) is 0 Å². The number of hydrogen-bond acceptors (Lipinski definition) is 6. The lowest BCUT2D eigenvalue weighted by atomic mass is 10.3. The summed E-state index contributed by atoms with van der Waals surface area (Å²) in [5.74, 6) is 0.198. The van der Waals surface area contributed by atoms with Crippen molar-refractivity contribution in [2.45, 2.75) is 13.5 Å². The minimum atomic E-state index is -2.20. The zero-order chi connectivity index (χ0) is 13.9. The van der Waals surface area contributed by atoms with E-state index in [4.69, 9.17) is 16.2 Å². The molecule has 4 N–H and O–H groups in total. The lowest BCUT2D eigenvalue weighted by Gasteiger charge is -2.12. The summed E-state index contributed by atoms with van der Waals surface area (Å²) in [5, 5.41) is 0. The Morgan fingerprint density at radius 2 is 2.00 bits per heavy atom. The van der Waals surface area contributed by atoms with Crippen molar-refractivity contribution in [2.24, 2.45) is 0 Å². The molecule has 1 aromatic heterocycles. The standard InChI is InChI=1S/C10H19N4O3P/c1-7-8(11)13-10(12)14(9(7)15)4-5-17-6-18(2,3)16/h4-6,11H2,1-3H3,(H2,12,13). The zero-order valence-corrected chi connectivity index (χ0v) is 11.7. The van der Waals surface area contributed by atoms with Crippen LogP contribution in [0.25, 0.3) is 0 Å². The third-order valence-electron chi connectivity index (χ3n) is 2.32. The van der Waals surface area contributed by atoms with Crippen LogP contribution in [0.2, 0.25) is 0 Å². The van der Waals surface area contributed by atoms with Crippen molar-refractivity contribution >= 4 is 18.9 Å². The van der Waals surface area contributed by atoms with Gasteiger partial charge >= 0.3 is 0 Å². The van der Waals surface area contributed by atoms with Gasteiger partial charge in [0.25, 0.3) is 5.56 Å². The Morgan fingerprint density at radius 1 is 1.39 bits per heavy atom. The molecule has 7 nitrogen and oxygen atoms in total. The van der Waals surface area contributed by atoms with Crippen LogP contribution in [-0.4, -0.2) is 35.8 Å². The highest BCUT2D eigenvalue weighted by atomic mass is 31.2. The Kier molecular flexibility index (Phi) is 4.53. The van der Waals surface area contributed by atoms with Crippen molar-refractivity contribution < 1.29 is 9.30 Å². The number of rotatable bonds is 5. The highest BCUT2D eigenvalue weighted by Crippen LogP contribution is 2.35. The molecule has 1 rings (SSSR count). The normalized spacial score (nSPS) is 11.7. The van der Waals surface area contributed by atoms with E-state index in [2.05, 4.69) is 4.98 Å². The average molecular weight is 274 g/mol. The lowest BCUT2D eigenvalue weighted by molar-refractivity contribution is 0.165. The smallest absolute Gasteiger partial charge is 0.260 e. The molecule has 8 heteroatoms. The monoisotopic (exact) mass is 274 g/mol. The first-order valence-electron chi connectivity index (χ1n) is 5.46. The molecule has 0 aromatic carbocycles. The molecule has 0 bridgehead atoms. The maximum Gasteiger partial charge on any atom is 0.260 e. The molecule has 0 radical (unpaired) electrons. The molecule has 0 saturated heterocycles. The van der Waals surface area contributed by atoms with Crippen LogP contribution in [0.1, 0.15) is 5.56 Å². The average Bonchev–Trinajstić information content (AvgIpc) is 2.23. The second kappa shape index (κ2) is 5.54. The highest BCUT2D eigenvalue weighted by Gasteiger charge is 2.10. The van der Waals surface area contributed by atoms with Crippen LogP contribution in [0.4, 0.5) is 11.8 Å². The molecule has 1 heterocycles. The van der Waals surface area contributed by atoms with E-state index in [1.165, 1.54) is 4.57 Å². The summed E-state index contributed by atoms with van der Waals surface area (Å²) in [6.07, 6.45) is 0.184. The Bertz CT molecular complexity index is 535. The Morgan fingerprint density at radius 3 is 2.56 bits per heavy atom. The topological polar surface area (TPSA) is 113 Å². The van der Waals surface area contributed by atoms with Crippen LogP contribution in [0.3, 0.4) is 0 Å². The van der Waals surface area contributed by atoms with Crippen molar-refractivity contribution in [1.29, 1.82) is 0 Å². The molecule has 0 saturated carbocycles. The van der Waals surface area contributed by atoms with E-state index < -0.39 is 7.14 Å². The first-order chi connectivity index (χ1) is 8.22. The van der Waals surface area contributed by atoms with Gasteiger partial charge in [-0.3, -0.25) is 9.36 Å². The van der Waals surface area contributed by atoms with Crippen molar-refractivity contribution in [3.8, 4) is 0 Å². The fourth-order valence-corrected chi connectivity index (χ4v) is 1.91. The predicted molar refractivity (Wildman–Crippen MR) is 72.3 cm³/mol. The first kappa shape index (κ1) is 14.7. The van der Waals surface area contributed by atoms with E-state index >= 15 is 0 Å². The molecular formula is C10H19N4O3P. The van der Waals surface area contributed by atoms with Crippen molar-refractivity contribution in [2.75, 3.05) is 37.8 Å². The molecule has 18 heavy (non-hydrogen) atoms. The van der Waals surface area contributed by atoms with E-state index in [1.54, 1.807) is 20.3 Å². The zero-order valence-electron chi connectivity index (χ0n) is 10.8. The number of nitrogens with two attached hydrogens (primary N) is 2. The summed E-state index contributed by atoms with van der Waals surface area (Å²) in [6.45, 7) is 5.39. The predicted octanol–water partition coefficient (Wildman–Crippen LogP) is 0.313. The van der Waals surface area contributed by atoms with Gasteiger partial charge in [0.15, 0.2) is 0 Å². The van der Waals surface area contributed by atoms with Crippen molar-refractivity contribution in [3.05, 3.63) is 15.9 Å². The fourth-order valence-electron chi connectivity index (χ4n) is 1.34. The van der Waals surface area contributed by atoms with Gasteiger partial charge in [-0.1, -0.05) is 0 Å². The number of ether oxygens (including phenoxy) is 1. The van der Waals surface area contributed by atoms with Gasteiger partial charge in [0.2, 0.25) is 5.95 Å². The molecule has 0 amide bonds. The van der Waals surface area contributed by atoms with Gasteiger partial charge in [-0.05, 0) is 20.3 Å². The molecular weight excluding hydrogens is 255 g/mol. The third-order valence-corrected chi connectivity index (χ3v) is 3.13. The highest BCUT2D eigenvalue weighted by molar-refractivity contribution is 7.62. The van der Waals surface area contributed by atoms with Crippen LogP contribution in [0, 0.1) is 6.92 Å². The number of nitrogen functional groups attached to an aromatic ring is 2. The van der Waals surface area contributed by atoms with Crippen molar-refractivity contribution in [1.82, 2.24) is 9.55 Å². The number of nitrogens with zero attached hydrogens (tertiary/aromatic N) is 2. The van der Waals surface area contributed by atoms with Gasteiger partial charge < -0.3 is 20.8 Å². The Hall–Kier alpha value is -1.33. The second-order valence-electron chi connectivity index (χ2n) is 4.55. The molecule has 0 aliphatic rings. The molecule has 1 aromatic rings. The number of hydrogen-bond donors (Lipinski definition) is 2. The quantitative estimate of drug-likeness (QED) is 0.590. The Balaban J connectivity index is 2.72. The van der Waals surface area contributed by atoms with E-state index in [9.17, 15) is 9.36 Å². The molecule has 0 aliphatic heterocycles. The van der Waals surface area contributed by atoms with Gasteiger partial charge in [-0.2, -0.15) is 4.98 Å².